The Labute approximate surface area is 141 Å². The highest BCUT2D eigenvalue weighted by Crippen LogP contribution is 2.31. The number of halogens is 2. The van der Waals surface area contributed by atoms with Crippen LogP contribution in [0, 0.1) is 0 Å². The summed E-state index contributed by atoms with van der Waals surface area (Å²) in [6.07, 6.45) is 5.02. The molecule has 6 heteroatoms. The van der Waals surface area contributed by atoms with Gasteiger partial charge in [-0.3, -0.25) is 4.79 Å². The summed E-state index contributed by atoms with van der Waals surface area (Å²) in [4.78, 5) is 20.7. The molecule has 2 heterocycles. The fourth-order valence-corrected chi connectivity index (χ4v) is 3.52. The van der Waals surface area contributed by atoms with Crippen LogP contribution < -0.4 is 0 Å². The van der Waals surface area contributed by atoms with E-state index in [9.17, 15) is 4.79 Å². The Balaban J connectivity index is 1.86. The third kappa shape index (κ3) is 3.35. The van der Waals surface area contributed by atoms with Gasteiger partial charge in [0, 0.05) is 17.4 Å². The quantitative estimate of drug-likeness (QED) is 0.643. The van der Waals surface area contributed by atoms with Gasteiger partial charge in [0.15, 0.2) is 0 Å². The van der Waals surface area contributed by atoms with Crippen LogP contribution in [-0.4, -0.2) is 15.8 Å². The van der Waals surface area contributed by atoms with Gasteiger partial charge in [-0.25, -0.2) is 9.97 Å². The predicted molar refractivity (Wildman–Crippen MR) is 89.1 cm³/mol. The Morgan fingerprint density at radius 3 is 2.64 bits per heavy atom. The number of carbonyl (C=O) groups is 1. The summed E-state index contributed by atoms with van der Waals surface area (Å²) in [5, 5.41) is 0.682. The van der Waals surface area contributed by atoms with Gasteiger partial charge in [-0.05, 0) is 35.7 Å². The van der Waals surface area contributed by atoms with Crippen molar-refractivity contribution in [3.05, 3.63) is 80.0 Å². The second-order valence-corrected chi connectivity index (χ2v) is 6.76. The molecule has 0 saturated carbocycles. The highest BCUT2D eigenvalue weighted by molar-refractivity contribution is 7.18. The SMILES string of the molecule is O=C(c1cncnc1)c1cc(Cc2cccc(Cl)c2)c(Cl)s1. The van der Waals surface area contributed by atoms with Crippen molar-refractivity contribution in [2.24, 2.45) is 0 Å². The summed E-state index contributed by atoms with van der Waals surface area (Å²) < 4.78 is 0.611. The Morgan fingerprint density at radius 1 is 1.14 bits per heavy atom. The van der Waals surface area contributed by atoms with Gasteiger partial charge in [-0.15, -0.1) is 11.3 Å². The van der Waals surface area contributed by atoms with Gasteiger partial charge in [-0.2, -0.15) is 0 Å². The van der Waals surface area contributed by atoms with Crippen LogP contribution in [-0.2, 0) is 6.42 Å². The number of benzene rings is 1. The van der Waals surface area contributed by atoms with E-state index >= 15 is 0 Å². The molecule has 3 nitrogen and oxygen atoms in total. The van der Waals surface area contributed by atoms with Gasteiger partial charge >= 0.3 is 0 Å². The van der Waals surface area contributed by atoms with E-state index in [1.54, 1.807) is 0 Å². The lowest BCUT2D eigenvalue weighted by Crippen LogP contribution is -1.99. The third-order valence-electron chi connectivity index (χ3n) is 3.09. The molecule has 3 rings (SSSR count). The van der Waals surface area contributed by atoms with Crippen LogP contribution in [0.2, 0.25) is 9.36 Å². The van der Waals surface area contributed by atoms with Crippen molar-refractivity contribution >= 4 is 40.3 Å². The number of aromatic nitrogens is 2. The minimum atomic E-state index is -0.121. The first-order valence-corrected chi connectivity index (χ1v) is 8.03. The van der Waals surface area contributed by atoms with Crippen LogP contribution in [0.4, 0.5) is 0 Å². The van der Waals surface area contributed by atoms with Crippen molar-refractivity contribution in [3.63, 3.8) is 0 Å². The molecule has 0 atom stereocenters. The minimum Gasteiger partial charge on any atom is -0.288 e. The van der Waals surface area contributed by atoms with E-state index in [0.717, 1.165) is 11.1 Å². The van der Waals surface area contributed by atoms with Gasteiger partial charge in [0.25, 0.3) is 0 Å². The van der Waals surface area contributed by atoms with Crippen molar-refractivity contribution in [2.45, 2.75) is 6.42 Å². The molecule has 110 valence electrons. The molecule has 22 heavy (non-hydrogen) atoms. The molecule has 1 aromatic carbocycles. The molecule has 0 radical (unpaired) electrons. The normalized spacial score (nSPS) is 10.6. The number of thiophene rings is 1. The van der Waals surface area contributed by atoms with Crippen LogP contribution in [0.25, 0.3) is 0 Å². The average molecular weight is 349 g/mol. The fourth-order valence-electron chi connectivity index (χ4n) is 2.06. The number of hydrogen-bond donors (Lipinski definition) is 0. The molecule has 0 aliphatic carbocycles. The number of rotatable bonds is 4. The molecule has 0 N–H and O–H groups in total. The fraction of sp³-hybridized carbons (Fsp3) is 0.0625. The molecule has 0 spiro atoms. The monoisotopic (exact) mass is 348 g/mol. The largest absolute Gasteiger partial charge is 0.288 e. The maximum absolute atomic E-state index is 12.4. The van der Waals surface area contributed by atoms with E-state index in [4.69, 9.17) is 23.2 Å². The molecule has 0 amide bonds. The van der Waals surface area contributed by atoms with Gasteiger partial charge in [-0.1, -0.05) is 35.3 Å². The molecular weight excluding hydrogens is 339 g/mol. The molecule has 0 aliphatic heterocycles. The van der Waals surface area contributed by atoms with Crippen LogP contribution in [0.15, 0.2) is 49.1 Å². The summed E-state index contributed by atoms with van der Waals surface area (Å²) in [6, 6.07) is 9.41. The number of ketones is 1. The van der Waals surface area contributed by atoms with Crippen molar-refractivity contribution in [1.82, 2.24) is 9.97 Å². The molecule has 0 bridgehead atoms. The van der Waals surface area contributed by atoms with Gasteiger partial charge < -0.3 is 0 Å². The van der Waals surface area contributed by atoms with Crippen molar-refractivity contribution in [1.29, 1.82) is 0 Å². The van der Waals surface area contributed by atoms with Crippen molar-refractivity contribution < 1.29 is 4.79 Å². The third-order valence-corrected chi connectivity index (χ3v) is 4.76. The molecule has 0 aliphatic rings. The molecule has 0 saturated heterocycles. The van der Waals surface area contributed by atoms with E-state index in [-0.39, 0.29) is 5.78 Å². The van der Waals surface area contributed by atoms with E-state index in [0.29, 0.717) is 26.2 Å². The summed E-state index contributed by atoms with van der Waals surface area (Å²) in [6.45, 7) is 0. The van der Waals surface area contributed by atoms with Crippen LogP contribution >= 0.6 is 34.5 Å². The average Bonchev–Trinajstić information content (AvgIpc) is 2.88. The Hall–Kier alpha value is -1.75. The zero-order valence-electron chi connectivity index (χ0n) is 11.3. The lowest BCUT2D eigenvalue weighted by atomic mass is 10.1. The van der Waals surface area contributed by atoms with Crippen molar-refractivity contribution in [2.75, 3.05) is 0 Å². The summed E-state index contributed by atoms with van der Waals surface area (Å²) in [5.74, 6) is -0.121. The highest BCUT2D eigenvalue weighted by atomic mass is 35.5. The Kier molecular flexibility index (Phi) is 4.52. The first-order chi connectivity index (χ1) is 10.6. The maximum atomic E-state index is 12.4. The number of nitrogens with zero attached hydrogens (tertiary/aromatic N) is 2. The first-order valence-electron chi connectivity index (χ1n) is 6.46. The number of hydrogen-bond acceptors (Lipinski definition) is 4. The van der Waals surface area contributed by atoms with E-state index in [1.165, 1.54) is 30.1 Å². The standard InChI is InChI=1S/C16H10Cl2N2OS/c17-13-3-1-2-10(5-13)4-11-6-14(22-16(11)18)15(21)12-7-19-9-20-8-12/h1-3,5-9H,4H2. The summed E-state index contributed by atoms with van der Waals surface area (Å²) in [5.41, 5.74) is 2.41. The molecular formula is C16H10Cl2N2OS. The van der Waals surface area contributed by atoms with Gasteiger partial charge in [0.2, 0.25) is 5.78 Å². The van der Waals surface area contributed by atoms with Crippen molar-refractivity contribution in [3.8, 4) is 0 Å². The van der Waals surface area contributed by atoms with Gasteiger partial charge in [0.05, 0.1) is 14.8 Å². The Morgan fingerprint density at radius 2 is 1.91 bits per heavy atom. The zero-order valence-corrected chi connectivity index (χ0v) is 13.6. The van der Waals surface area contributed by atoms with Crippen LogP contribution in [0.1, 0.15) is 26.4 Å². The smallest absolute Gasteiger partial charge is 0.206 e. The van der Waals surface area contributed by atoms with Crippen LogP contribution in [0.3, 0.4) is 0 Å². The topological polar surface area (TPSA) is 42.9 Å². The summed E-state index contributed by atoms with van der Waals surface area (Å²) in [7, 11) is 0. The highest BCUT2D eigenvalue weighted by Gasteiger charge is 2.16. The Bertz CT molecular complexity index is 818. The van der Waals surface area contributed by atoms with E-state index in [2.05, 4.69) is 9.97 Å². The lowest BCUT2D eigenvalue weighted by Gasteiger charge is -2.00. The predicted octanol–water partition coefficient (Wildman–Crippen LogP) is 4.67. The molecule has 3 aromatic rings. The zero-order chi connectivity index (χ0) is 15.5. The van der Waals surface area contributed by atoms with Crippen LogP contribution in [0.5, 0.6) is 0 Å². The maximum Gasteiger partial charge on any atom is 0.206 e. The molecule has 0 fully saturated rings. The summed E-state index contributed by atoms with van der Waals surface area (Å²) >= 11 is 13.5. The van der Waals surface area contributed by atoms with Gasteiger partial charge in [0.1, 0.15) is 6.33 Å². The second-order valence-electron chi connectivity index (χ2n) is 4.67. The van der Waals surface area contributed by atoms with E-state index in [1.807, 2.05) is 30.3 Å². The molecule has 0 unspecified atom stereocenters. The number of carbonyl (C=O) groups excluding carboxylic acids is 1. The lowest BCUT2D eigenvalue weighted by molar-refractivity contribution is 0.104. The first kappa shape index (κ1) is 15.2. The van der Waals surface area contributed by atoms with E-state index < -0.39 is 0 Å². The second kappa shape index (κ2) is 6.57. The molecule has 2 aromatic heterocycles. The minimum absolute atomic E-state index is 0.121.